The zero-order valence-electron chi connectivity index (χ0n) is 14.0. The summed E-state index contributed by atoms with van der Waals surface area (Å²) in [7, 11) is 0. The van der Waals surface area contributed by atoms with Gasteiger partial charge in [-0.15, -0.1) is 0 Å². The second-order valence-electron chi connectivity index (χ2n) is 6.68. The lowest BCUT2D eigenvalue weighted by molar-refractivity contribution is -0.0140. The van der Waals surface area contributed by atoms with E-state index in [0.29, 0.717) is 25.7 Å². The van der Waals surface area contributed by atoms with Gasteiger partial charge in [0.05, 0.1) is 43.0 Å². The van der Waals surface area contributed by atoms with Crippen molar-refractivity contribution in [2.75, 3.05) is 24.6 Å². The van der Waals surface area contributed by atoms with Gasteiger partial charge in [0.25, 0.3) is 0 Å². The minimum absolute atomic E-state index is 0.0658. The minimum atomic E-state index is -0.421. The van der Waals surface area contributed by atoms with Crippen LogP contribution >= 0.6 is 0 Å². The Bertz CT molecular complexity index is 700. The van der Waals surface area contributed by atoms with Gasteiger partial charge in [-0.2, -0.15) is 0 Å². The summed E-state index contributed by atoms with van der Waals surface area (Å²) in [6, 6.07) is 5.81. The van der Waals surface area contributed by atoms with E-state index in [4.69, 9.17) is 9.47 Å². The number of anilines is 1. The molecule has 0 amide bonds. The van der Waals surface area contributed by atoms with Crippen LogP contribution in [0.15, 0.2) is 36.8 Å². The quantitative estimate of drug-likeness (QED) is 0.849. The number of nitrogens with zero attached hydrogens (tertiary/aromatic N) is 4. The molecule has 0 radical (unpaired) electrons. The zero-order chi connectivity index (χ0) is 17.1. The molecule has 2 saturated heterocycles. The lowest BCUT2D eigenvalue weighted by Crippen LogP contribution is -2.48. The summed E-state index contributed by atoms with van der Waals surface area (Å²) in [6.07, 6.45) is 7.08. The number of aromatic nitrogens is 3. The third-order valence-electron chi connectivity index (χ3n) is 4.80. The molecule has 2 aromatic heterocycles. The molecule has 132 valence electrons. The SMILES string of the molecule is Fc1cnc(N2CCC[C@]3(C[C@H](OCc4ccccn4)CO3)C2)nc1. The highest BCUT2D eigenvalue weighted by atomic mass is 19.1. The summed E-state index contributed by atoms with van der Waals surface area (Å²) in [5, 5.41) is 0. The van der Waals surface area contributed by atoms with E-state index in [9.17, 15) is 4.39 Å². The number of rotatable bonds is 4. The molecule has 0 aromatic carbocycles. The Morgan fingerprint density at radius 2 is 2.16 bits per heavy atom. The summed E-state index contributed by atoms with van der Waals surface area (Å²) < 4.78 is 25.2. The molecular weight excluding hydrogens is 323 g/mol. The molecule has 4 heterocycles. The maximum Gasteiger partial charge on any atom is 0.225 e. The molecule has 0 N–H and O–H groups in total. The molecule has 25 heavy (non-hydrogen) atoms. The fourth-order valence-corrected chi connectivity index (χ4v) is 3.62. The largest absolute Gasteiger partial charge is 0.370 e. The molecule has 0 saturated carbocycles. The van der Waals surface area contributed by atoms with E-state index >= 15 is 0 Å². The second kappa shape index (κ2) is 7.01. The van der Waals surface area contributed by atoms with E-state index in [0.717, 1.165) is 31.5 Å². The maximum absolute atomic E-state index is 13.0. The van der Waals surface area contributed by atoms with E-state index < -0.39 is 5.82 Å². The summed E-state index contributed by atoms with van der Waals surface area (Å²) in [5.74, 6) is 0.137. The first-order valence-electron chi connectivity index (χ1n) is 8.60. The number of ether oxygens (including phenoxy) is 2. The van der Waals surface area contributed by atoms with Crippen LogP contribution in [0, 0.1) is 5.82 Å². The van der Waals surface area contributed by atoms with Crippen molar-refractivity contribution in [3.8, 4) is 0 Å². The molecule has 2 aliphatic heterocycles. The smallest absolute Gasteiger partial charge is 0.225 e. The van der Waals surface area contributed by atoms with Crippen LogP contribution in [-0.2, 0) is 16.1 Å². The molecule has 0 unspecified atom stereocenters. The molecule has 6 nitrogen and oxygen atoms in total. The van der Waals surface area contributed by atoms with E-state index in [2.05, 4.69) is 19.9 Å². The number of pyridine rings is 1. The summed E-state index contributed by atoms with van der Waals surface area (Å²) in [4.78, 5) is 14.5. The first kappa shape index (κ1) is 16.4. The normalized spacial score (nSPS) is 26.3. The van der Waals surface area contributed by atoms with Gasteiger partial charge in [-0.25, -0.2) is 14.4 Å². The van der Waals surface area contributed by atoms with Crippen molar-refractivity contribution >= 4 is 5.95 Å². The van der Waals surface area contributed by atoms with E-state index in [-0.39, 0.29) is 11.7 Å². The van der Waals surface area contributed by atoms with Gasteiger partial charge in [0.15, 0.2) is 5.82 Å². The summed E-state index contributed by atoms with van der Waals surface area (Å²) >= 11 is 0. The van der Waals surface area contributed by atoms with Gasteiger partial charge < -0.3 is 14.4 Å². The van der Waals surface area contributed by atoms with Gasteiger partial charge in [0, 0.05) is 25.7 Å². The fourth-order valence-electron chi connectivity index (χ4n) is 3.62. The molecular formula is C18H21FN4O2. The van der Waals surface area contributed by atoms with Gasteiger partial charge in [0.2, 0.25) is 5.95 Å². The minimum Gasteiger partial charge on any atom is -0.370 e. The third kappa shape index (κ3) is 3.77. The Morgan fingerprint density at radius 1 is 1.28 bits per heavy atom. The summed E-state index contributed by atoms with van der Waals surface area (Å²) in [5.41, 5.74) is 0.693. The standard InChI is InChI=1S/C18H21FN4O2/c19-14-9-21-17(22-10-14)23-7-3-5-18(13-23)8-16(12-25-18)24-11-15-4-1-2-6-20-15/h1-2,4,6,9-10,16H,3,5,7-8,11-13H2/t16-,18-/m0/s1. The molecule has 2 fully saturated rings. The molecule has 4 rings (SSSR count). The highest BCUT2D eigenvalue weighted by molar-refractivity contribution is 5.31. The Hall–Kier alpha value is -2.12. The molecule has 2 aliphatic rings. The van der Waals surface area contributed by atoms with E-state index in [1.807, 2.05) is 18.2 Å². The topological polar surface area (TPSA) is 60.4 Å². The molecule has 0 bridgehead atoms. The Kier molecular flexibility index (Phi) is 4.59. The van der Waals surface area contributed by atoms with Crippen molar-refractivity contribution in [3.63, 3.8) is 0 Å². The molecule has 2 aromatic rings. The Balaban J connectivity index is 1.36. The Morgan fingerprint density at radius 3 is 2.96 bits per heavy atom. The average molecular weight is 344 g/mol. The fraction of sp³-hybridized carbons (Fsp3) is 0.500. The molecule has 2 atom stereocenters. The van der Waals surface area contributed by atoms with Crippen molar-refractivity contribution in [2.45, 2.75) is 37.6 Å². The number of hydrogen-bond donors (Lipinski definition) is 0. The highest BCUT2D eigenvalue weighted by Gasteiger charge is 2.44. The van der Waals surface area contributed by atoms with Crippen LogP contribution in [0.1, 0.15) is 25.0 Å². The van der Waals surface area contributed by atoms with Crippen LogP contribution in [0.25, 0.3) is 0 Å². The van der Waals surface area contributed by atoms with Gasteiger partial charge in [-0.05, 0) is 25.0 Å². The first-order valence-corrected chi connectivity index (χ1v) is 8.60. The predicted octanol–water partition coefficient (Wildman–Crippen LogP) is 2.36. The van der Waals surface area contributed by atoms with E-state index in [1.165, 1.54) is 12.4 Å². The van der Waals surface area contributed by atoms with Gasteiger partial charge in [-0.3, -0.25) is 4.98 Å². The molecule has 0 aliphatic carbocycles. The maximum atomic E-state index is 13.0. The van der Waals surface area contributed by atoms with Gasteiger partial charge >= 0.3 is 0 Å². The van der Waals surface area contributed by atoms with Crippen LogP contribution in [0.2, 0.25) is 0 Å². The van der Waals surface area contributed by atoms with Crippen LogP contribution in [0.3, 0.4) is 0 Å². The van der Waals surface area contributed by atoms with Gasteiger partial charge in [0.1, 0.15) is 0 Å². The zero-order valence-corrected chi connectivity index (χ0v) is 14.0. The lowest BCUT2D eigenvalue weighted by Gasteiger charge is -2.39. The number of hydrogen-bond acceptors (Lipinski definition) is 6. The van der Waals surface area contributed by atoms with Crippen LogP contribution in [0.4, 0.5) is 10.3 Å². The van der Waals surface area contributed by atoms with Crippen molar-refractivity contribution in [1.82, 2.24) is 15.0 Å². The van der Waals surface area contributed by atoms with Crippen molar-refractivity contribution < 1.29 is 13.9 Å². The van der Waals surface area contributed by atoms with Crippen LogP contribution in [-0.4, -0.2) is 46.4 Å². The van der Waals surface area contributed by atoms with Crippen molar-refractivity contribution in [3.05, 3.63) is 48.3 Å². The van der Waals surface area contributed by atoms with Crippen molar-refractivity contribution in [1.29, 1.82) is 0 Å². The van der Waals surface area contributed by atoms with E-state index in [1.54, 1.807) is 6.20 Å². The summed E-state index contributed by atoms with van der Waals surface area (Å²) in [6.45, 7) is 2.65. The third-order valence-corrected chi connectivity index (χ3v) is 4.80. The lowest BCUT2D eigenvalue weighted by atomic mass is 9.89. The highest BCUT2D eigenvalue weighted by Crippen LogP contribution is 2.36. The van der Waals surface area contributed by atoms with Crippen LogP contribution < -0.4 is 4.90 Å². The van der Waals surface area contributed by atoms with Crippen molar-refractivity contribution in [2.24, 2.45) is 0 Å². The predicted molar refractivity (Wildman–Crippen MR) is 89.6 cm³/mol. The molecule has 7 heteroatoms. The monoisotopic (exact) mass is 344 g/mol. The number of halogens is 1. The first-order chi connectivity index (χ1) is 12.2. The number of piperidine rings is 1. The Labute approximate surface area is 146 Å². The molecule has 1 spiro atoms. The average Bonchev–Trinajstić information content (AvgIpc) is 3.04. The second-order valence-corrected chi connectivity index (χ2v) is 6.68. The van der Waals surface area contributed by atoms with Crippen LogP contribution in [0.5, 0.6) is 0 Å². The van der Waals surface area contributed by atoms with Gasteiger partial charge in [-0.1, -0.05) is 6.07 Å².